The van der Waals surface area contributed by atoms with Crippen molar-refractivity contribution < 1.29 is 22.1 Å². The number of benzene rings is 2. The van der Waals surface area contributed by atoms with E-state index in [1.807, 2.05) is 32.0 Å². The van der Waals surface area contributed by atoms with E-state index in [1.165, 1.54) is 16.4 Å². The highest BCUT2D eigenvalue weighted by molar-refractivity contribution is 7.89. The molecule has 1 aromatic heterocycles. The molecule has 2 aromatic carbocycles. The summed E-state index contributed by atoms with van der Waals surface area (Å²) in [5, 5.41) is 6.66. The molecule has 0 spiro atoms. The van der Waals surface area contributed by atoms with Crippen LogP contribution in [0.15, 0.2) is 45.8 Å². The lowest BCUT2D eigenvalue weighted by atomic mass is 9.98. The molecule has 10 heteroatoms. The number of rotatable bonds is 6. The Balaban J connectivity index is 1.55. The number of piperidine rings is 1. The van der Waals surface area contributed by atoms with Crippen LogP contribution in [0.1, 0.15) is 41.0 Å². The van der Waals surface area contributed by atoms with E-state index in [9.17, 15) is 17.6 Å². The Morgan fingerprint density at radius 3 is 2.72 bits per heavy atom. The zero-order valence-corrected chi connectivity index (χ0v) is 21.8. The lowest BCUT2D eigenvalue weighted by Gasteiger charge is -2.31. The van der Waals surface area contributed by atoms with Crippen LogP contribution in [0.25, 0.3) is 12.2 Å². The first-order valence-electron chi connectivity index (χ1n) is 11.5. The van der Waals surface area contributed by atoms with Crippen LogP contribution >= 0.6 is 11.6 Å². The quantitative estimate of drug-likeness (QED) is 0.447. The number of hydrogen-bond acceptors (Lipinski definition) is 5. The standard InChI is InChI=1S/C26H27ClFN3O4S/c1-16-6-7-17(2)19(13-16)8-11-24-25(18(3)30-35-24)36(33,34)31-12-4-5-20(15-31)26(32)29-23-10-9-21(28)14-22(23)27/h6-11,13-14,20H,4-5,12,15H2,1-3H3,(H,29,32)/b11-8+/t20-/m0/s1. The number of hydrogen-bond donors (Lipinski definition) is 1. The number of nitrogens with zero attached hydrogens (tertiary/aromatic N) is 2. The van der Waals surface area contributed by atoms with Crippen molar-refractivity contribution in [2.45, 2.75) is 38.5 Å². The topological polar surface area (TPSA) is 92.5 Å². The number of anilines is 1. The molecule has 1 N–H and O–H groups in total. The molecule has 0 radical (unpaired) electrons. The smallest absolute Gasteiger partial charge is 0.248 e. The van der Waals surface area contributed by atoms with Gasteiger partial charge in [0.25, 0.3) is 0 Å². The number of amides is 1. The summed E-state index contributed by atoms with van der Waals surface area (Å²) in [6.07, 6.45) is 4.44. The molecule has 1 aliphatic heterocycles. The average molecular weight is 532 g/mol. The van der Waals surface area contributed by atoms with Gasteiger partial charge in [-0.3, -0.25) is 4.79 Å². The highest BCUT2D eigenvalue weighted by Crippen LogP contribution is 2.30. The summed E-state index contributed by atoms with van der Waals surface area (Å²) in [6, 6.07) is 9.69. The minimum absolute atomic E-state index is 0.00224. The van der Waals surface area contributed by atoms with Gasteiger partial charge < -0.3 is 9.84 Å². The Bertz CT molecular complexity index is 1430. The molecular formula is C26H27ClFN3O4S. The van der Waals surface area contributed by atoms with Crippen LogP contribution in [0, 0.1) is 32.5 Å². The molecule has 3 aromatic rings. The van der Waals surface area contributed by atoms with Crippen LogP contribution in [-0.2, 0) is 14.8 Å². The maximum atomic E-state index is 13.6. The Labute approximate surface area is 215 Å². The summed E-state index contributed by atoms with van der Waals surface area (Å²) in [7, 11) is -3.99. The highest BCUT2D eigenvalue weighted by atomic mass is 35.5. The fourth-order valence-corrected chi connectivity index (χ4v) is 6.22. The van der Waals surface area contributed by atoms with Gasteiger partial charge in [-0.25, -0.2) is 12.8 Å². The number of nitrogens with one attached hydrogen (secondary N) is 1. The normalized spacial score (nSPS) is 17.0. The fraction of sp³-hybridized carbons (Fsp3) is 0.308. The third kappa shape index (κ3) is 5.53. The van der Waals surface area contributed by atoms with Crippen molar-refractivity contribution in [2.24, 2.45) is 5.92 Å². The molecule has 1 amide bonds. The molecule has 2 heterocycles. The average Bonchev–Trinajstić information content (AvgIpc) is 3.22. The van der Waals surface area contributed by atoms with Gasteiger partial charge in [0, 0.05) is 13.1 Å². The summed E-state index contributed by atoms with van der Waals surface area (Å²) in [6.45, 7) is 5.81. The third-order valence-electron chi connectivity index (χ3n) is 6.22. The van der Waals surface area contributed by atoms with Gasteiger partial charge >= 0.3 is 0 Å². The zero-order chi connectivity index (χ0) is 26.0. The molecule has 36 heavy (non-hydrogen) atoms. The number of aromatic nitrogens is 1. The Morgan fingerprint density at radius 2 is 1.97 bits per heavy atom. The van der Waals surface area contributed by atoms with E-state index in [0.717, 1.165) is 22.8 Å². The first kappa shape index (κ1) is 26.1. The van der Waals surface area contributed by atoms with E-state index >= 15 is 0 Å². The second-order valence-electron chi connectivity index (χ2n) is 8.97. The van der Waals surface area contributed by atoms with Crippen molar-refractivity contribution in [1.82, 2.24) is 9.46 Å². The molecule has 0 unspecified atom stereocenters. The highest BCUT2D eigenvalue weighted by Gasteiger charge is 2.37. The van der Waals surface area contributed by atoms with Crippen LogP contribution < -0.4 is 5.32 Å². The Kier molecular flexibility index (Phi) is 7.63. The second kappa shape index (κ2) is 10.5. The molecule has 0 aliphatic carbocycles. The summed E-state index contributed by atoms with van der Waals surface area (Å²) >= 11 is 6.02. The molecule has 1 fully saturated rings. The van der Waals surface area contributed by atoms with Gasteiger partial charge in [0.05, 0.1) is 16.6 Å². The molecule has 1 atom stereocenters. The van der Waals surface area contributed by atoms with Crippen molar-refractivity contribution in [1.29, 1.82) is 0 Å². The largest absolute Gasteiger partial charge is 0.355 e. The minimum atomic E-state index is -3.99. The summed E-state index contributed by atoms with van der Waals surface area (Å²) < 4.78 is 47.3. The van der Waals surface area contributed by atoms with Crippen LogP contribution in [-0.4, -0.2) is 36.9 Å². The summed E-state index contributed by atoms with van der Waals surface area (Å²) in [4.78, 5) is 12.9. The van der Waals surface area contributed by atoms with Crippen molar-refractivity contribution in [3.63, 3.8) is 0 Å². The molecular weight excluding hydrogens is 505 g/mol. The maximum absolute atomic E-state index is 13.6. The molecule has 4 rings (SSSR count). The number of aryl methyl sites for hydroxylation is 3. The van der Waals surface area contributed by atoms with E-state index in [-0.39, 0.29) is 46.1 Å². The van der Waals surface area contributed by atoms with Gasteiger partial charge in [-0.05, 0) is 69.0 Å². The van der Waals surface area contributed by atoms with E-state index < -0.39 is 21.8 Å². The second-order valence-corrected chi connectivity index (χ2v) is 11.3. The number of carbonyl (C=O) groups is 1. The fourth-order valence-electron chi connectivity index (χ4n) is 4.23. The zero-order valence-electron chi connectivity index (χ0n) is 20.2. The monoisotopic (exact) mass is 531 g/mol. The summed E-state index contributed by atoms with van der Waals surface area (Å²) in [5.41, 5.74) is 3.60. The SMILES string of the molecule is Cc1ccc(C)c(/C=C/c2onc(C)c2S(=O)(=O)N2CCC[C@H](C(=O)Nc3ccc(F)cc3Cl)C2)c1. The third-order valence-corrected chi connectivity index (χ3v) is 8.56. The van der Waals surface area contributed by atoms with Gasteiger partial charge in [0.1, 0.15) is 11.5 Å². The Hall–Kier alpha value is -3.01. The first-order chi connectivity index (χ1) is 17.1. The predicted octanol–water partition coefficient (Wildman–Crippen LogP) is 5.60. The summed E-state index contributed by atoms with van der Waals surface area (Å²) in [5.74, 6) is -1.35. The maximum Gasteiger partial charge on any atom is 0.248 e. The van der Waals surface area contributed by atoms with Gasteiger partial charge in [0.2, 0.25) is 15.9 Å². The number of sulfonamides is 1. The van der Waals surface area contributed by atoms with E-state index in [1.54, 1.807) is 19.1 Å². The number of carbonyl (C=O) groups excluding carboxylic acids is 1. The van der Waals surface area contributed by atoms with Crippen LogP contribution in [0.2, 0.25) is 5.02 Å². The molecule has 7 nitrogen and oxygen atoms in total. The van der Waals surface area contributed by atoms with Gasteiger partial charge in [-0.1, -0.05) is 46.6 Å². The lowest BCUT2D eigenvalue weighted by Crippen LogP contribution is -2.43. The molecule has 0 saturated carbocycles. The minimum Gasteiger partial charge on any atom is -0.355 e. The molecule has 1 saturated heterocycles. The molecule has 0 bridgehead atoms. The molecule has 190 valence electrons. The number of halogens is 2. The van der Waals surface area contributed by atoms with Crippen molar-refractivity contribution in [3.8, 4) is 0 Å². The van der Waals surface area contributed by atoms with Gasteiger partial charge in [0.15, 0.2) is 10.7 Å². The molecule has 1 aliphatic rings. The van der Waals surface area contributed by atoms with Crippen LogP contribution in [0.4, 0.5) is 10.1 Å². The van der Waals surface area contributed by atoms with Gasteiger partial charge in [-0.15, -0.1) is 0 Å². The van der Waals surface area contributed by atoms with Crippen LogP contribution in [0.3, 0.4) is 0 Å². The van der Waals surface area contributed by atoms with E-state index in [2.05, 4.69) is 10.5 Å². The lowest BCUT2D eigenvalue weighted by molar-refractivity contribution is -0.120. The van der Waals surface area contributed by atoms with Crippen molar-refractivity contribution in [2.75, 3.05) is 18.4 Å². The van der Waals surface area contributed by atoms with E-state index in [0.29, 0.717) is 12.8 Å². The Morgan fingerprint density at radius 1 is 1.19 bits per heavy atom. The van der Waals surface area contributed by atoms with E-state index in [4.69, 9.17) is 16.1 Å². The van der Waals surface area contributed by atoms with Crippen LogP contribution in [0.5, 0.6) is 0 Å². The van der Waals surface area contributed by atoms with Crippen molar-refractivity contribution >= 4 is 45.4 Å². The first-order valence-corrected chi connectivity index (χ1v) is 13.4. The van der Waals surface area contributed by atoms with Gasteiger partial charge in [-0.2, -0.15) is 4.31 Å². The van der Waals surface area contributed by atoms with Crippen molar-refractivity contribution in [3.05, 3.63) is 75.4 Å². The predicted molar refractivity (Wildman–Crippen MR) is 138 cm³/mol.